The second kappa shape index (κ2) is 3.75. The lowest BCUT2D eigenvalue weighted by Crippen LogP contribution is -2.07. The minimum Gasteiger partial charge on any atom is -0.473 e. The van der Waals surface area contributed by atoms with E-state index in [1.807, 2.05) is 0 Å². The number of methoxy groups -OCH3 is 1. The Hall–Kier alpha value is -1.42. The summed E-state index contributed by atoms with van der Waals surface area (Å²) in [4.78, 5) is 4.16. The zero-order valence-electron chi connectivity index (χ0n) is 7.74. The van der Waals surface area contributed by atoms with Gasteiger partial charge in [-0.25, -0.2) is 9.38 Å². The SMILES string of the molecule is COC1COC(c2ccc(F)cc2)=N1. The number of hydrogen-bond acceptors (Lipinski definition) is 3. The topological polar surface area (TPSA) is 30.8 Å². The predicted octanol–water partition coefficient (Wildman–Crippen LogP) is 1.57. The maximum Gasteiger partial charge on any atom is 0.218 e. The zero-order chi connectivity index (χ0) is 9.97. The second-order valence-electron chi connectivity index (χ2n) is 2.94. The Morgan fingerprint density at radius 1 is 1.43 bits per heavy atom. The van der Waals surface area contributed by atoms with E-state index < -0.39 is 0 Å². The molecule has 0 fully saturated rings. The van der Waals surface area contributed by atoms with Crippen molar-refractivity contribution in [2.75, 3.05) is 13.7 Å². The largest absolute Gasteiger partial charge is 0.473 e. The standard InChI is InChI=1S/C10H10FNO2/c1-13-9-6-14-10(12-9)7-2-4-8(11)5-3-7/h2-5,9H,6H2,1H3. The summed E-state index contributed by atoms with van der Waals surface area (Å²) in [5.74, 6) is 0.243. The van der Waals surface area contributed by atoms with Gasteiger partial charge in [-0.3, -0.25) is 0 Å². The van der Waals surface area contributed by atoms with Gasteiger partial charge in [0.25, 0.3) is 0 Å². The smallest absolute Gasteiger partial charge is 0.218 e. The summed E-state index contributed by atoms with van der Waals surface area (Å²) in [5.41, 5.74) is 0.769. The van der Waals surface area contributed by atoms with Crippen LogP contribution in [0.3, 0.4) is 0 Å². The van der Waals surface area contributed by atoms with Crippen LogP contribution >= 0.6 is 0 Å². The van der Waals surface area contributed by atoms with Gasteiger partial charge in [0.05, 0.1) is 0 Å². The van der Waals surface area contributed by atoms with Crippen molar-refractivity contribution < 1.29 is 13.9 Å². The first kappa shape index (κ1) is 9.15. The normalized spacial score (nSPS) is 20.4. The third-order valence-electron chi connectivity index (χ3n) is 1.99. The summed E-state index contributed by atoms with van der Waals surface area (Å²) in [6.45, 7) is 0.420. The molecule has 14 heavy (non-hydrogen) atoms. The molecule has 0 saturated carbocycles. The van der Waals surface area contributed by atoms with Crippen molar-refractivity contribution >= 4 is 5.90 Å². The molecule has 3 nitrogen and oxygen atoms in total. The van der Waals surface area contributed by atoms with E-state index in [1.165, 1.54) is 12.1 Å². The number of nitrogens with zero attached hydrogens (tertiary/aromatic N) is 1. The first-order valence-electron chi connectivity index (χ1n) is 4.29. The van der Waals surface area contributed by atoms with Crippen LogP contribution in [-0.4, -0.2) is 25.8 Å². The van der Waals surface area contributed by atoms with E-state index >= 15 is 0 Å². The van der Waals surface area contributed by atoms with Crippen LogP contribution in [0.2, 0.25) is 0 Å². The average Bonchev–Trinajstić information content (AvgIpc) is 2.67. The molecule has 0 spiro atoms. The zero-order valence-corrected chi connectivity index (χ0v) is 7.74. The van der Waals surface area contributed by atoms with E-state index in [2.05, 4.69) is 4.99 Å². The Bertz CT molecular complexity index is 348. The highest BCUT2D eigenvalue weighted by molar-refractivity contribution is 5.94. The molecule has 1 aliphatic heterocycles. The number of rotatable bonds is 2. The minimum absolute atomic E-state index is 0.241. The molecule has 0 amide bonds. The summed E-state index contributed by atoms with van der Waals surface area (Å²) >= 11 is 0. The van der Waals surface area contributed by atoms with Crippen molar-refractivity contribution in [3.05, 3.63) is 35.6 Å². The van der Waals surface area contributed by atoms with Crippen LogP contribution in [0.1, 0.15) is 5.56 Å². The second-order valence-corrected chi connectivity index (χ2v) is 2.94. The molecule has 1 aromatic carbocycles. The highest BCUT2D eigenvalue weighted by atomic mass is 19.1. The Labute approximate surface area is 81.2 Å². The molecule has 4 heteroatoms. The molecule has 1 atom stereocenters. The van der Waals surface area contributed by atoms with Crippen molar-refractivity contribution in [1.82, 2.24) is 0 Å². The van der Waals surface area contributed by atoms with Crippen LogP contribution < -0.4 is 0 Å². The molecule has 1 unspecified atom stereocenters. The molecule has 1 aliphatic rings. The fourth-order valence-corrected chi connectivity index (χ4v) is 1.23. The number of hydrogen-bond donors (Lipinski definition) is 0. The number of ether oxygens (including phenoxy) is 2. The maximum atomic E-state index is 12.6. The Kier molecular flexibility index (Phi) is 2.45. The molecule has 2 rings (SSSR count). The third-order valence-corrected chi connectivity index (χ3v) is 1.99. The van der Waals surface area contributed by atoms with Gasteiger partial charge in [0, 0.05) is 12.7 Å². The van der Waals surface area contributed by atoms with Gasteiger partial charge in [0.15, 0.2) is 6.23 Å². The highest BCUT2D eigenvalue weighted by Gasteiger charge is 2.18. The van der Waals surface area contributed by atoms with Crippen molar-refractivity contribution in [3.8, 4) is 0 Å². The van der Waals surface area contributed by atoms with E-state index in [-0.39, 0.29) is 12.0 Å². The molecule has 1 heterocycles. The van der Waals surface area contributed by atoms with Gasteiger partial charge in [-0.2, -0.15) is 0 Å². The summed E-state index contributed by atoms with van der Waals surface area (Å²) < 4.78 is 22.9. The molecule has 0 saturated heterocycles. The summed E-state index contributed by atoms with van der Waals surface area (Å²) in [7, 11) is 1.57. The van der Waals surface area contributed by atoms with Crippen LogP contribution in [0.5, 0.6) is 0 Å². The molecule has 0 N–H and O–H groups in total. The van der Waals surface area contributed by atoms with Crippen molar-refractivity contribution in [2.24, 2.45) is 4.99 Å². The molecule has 0 aromatic heterocycles. The Morgan fingerprint density at radius 2 is 2.14 bits per heavy atom. The predicted molar refractivity (Wildman–Crippen MR) is 49.7 cm³/mol. The van der Waals surface area contributed by atoms with Crippen LogP contribution in [0.15, 0.2) is 29.3 Å². The van der Waals surface area contributed by atoms with Crippen LogP contribution in [0.4, 0.5) is 4.39 Å². The maximum absolute atomic E-state index is 12.6. The van der Waals surface area contributed by atoms with Gasteiger partial charge in [0.2, 0.25) is 5.90 Å². The third kappa shape index (κ3) is 1.75. The fraction of sp³-hybridized carbons (Fsp3) is 0.300. The average molecular weight is 195 g/mol. The van der Waals surface area contributed by atoms with Gasteiger partial charge in [0.1, 0.15) is 12.4 Å². The minimum atomic E-state index is -0.268. The van der Waals surface area contributed by atoms with Gasteiger partial charge < -0.3 is 9.47 Å². The van der Waals surface area contributed by atoms with Crippen molar-refractivity contribution in [1.29, 1.82) is 0 Å². The van der Waals surface area contributed by atoms with Crippen LogP contribution in [0.25, 0.3) is 0 Å². The van der Waals surface area contributed by atoms with Gasteiger partial charge in [-0.1, -0.05) is 0 Å². The van der Waals surface area contributed by atoms with Gasteiger partial charge >= 0.3 is 0 Å². The fourth-order valence-electron chi connectivity index (χ4n) is 1.23. The number of benzene rings is 1. The molecule has 0 bridgehead atoms. The first-order chi connectivity index (χ1) is 6.79. The molecule has 0 aliphatic carbocycles. The van der Waals surface area contributed by atoms with Crippen LogP contribution in [-0.2, 0) is 9.47 Å². The summed E-state index contributed by atoms with van der Waals surface area (Å²) in [5, 5.41) is 0. The van der Waals surface area contributed by atoms with E-state index in [9.17, 15) is 4.39 Å². The highest BCUT2D eigenvalue weighted by Crippen LogP contribution is 2.12. The molecular formula is C10H10FNO2. The number of aliphatic imine (C=N–C) groups is 1. The first-order valence-corrected chi connectivity index (χ1v) is 4.29. The van der Waals surface area contributed by atoms with E-state index in [4.69, 9.17) is 9.47 Å². The Morgan fingerprint density at radius 3 is 2.71 bits per heavy atom. The van der Waals surface area contributed by atoms with Crippen LogP contribution in [0, 0.1) is 5.82 Å². The Balaban J connectivity index is 2.20. The lowest BCUT2D eigenvalue weighted by molar-refractivity contribution is 0.0833. The number of halogens is 1. The lowest BCUT2D eigenvalue weighted by atomic mass is 10.2. The lowest BCUT2D eigenvalue weighted by Gasteiger charge is -2.00. The molecule has 0 radical (unpaired) electrons. The quantitative estimate of drug-likeness (QED) is 0.717. The summed E-state index contributed by atoms with van der Waals surface area (Å²) in [6.07, 6.45) is -0.241. The van der Waals surface area contributed by atoms with E-state index in [0.29, 0.717) is 12.5 Å². The summed E-state index contributed by atoms with van der Waals surface area (Å²) in [6, 6.07) is 6.01. The van der Waals surface area contributed by atoms with Crippen molar-refractivity contribution in [2.45, 2.75) is 6.23 Å². The van der Waals surface area contributed by atoms with E-state index in [1.54, 1.807) is 19.2 Å². The monoisotopic (exact) mass is 195 g/mol. The van der Waals surface area contributed by atoms with E-state index in [0.717, 1.165) is 5.56 Å². The molecular weight excluding hydrogens is 185 g/mol. The molecule has 74 valence electrons. The van der Waals surface area contributed by atoms with Crippen molar-refractivity contribution in [3.63, 3.8) is 0 Å². The molecule has 1 aromatic rings. The van der Waals surface area contributed by atoms with Gasteiger partial charge in [-0.05, 0) is 24.3 Å². The van der Waals surface area contributed by atoms with Gasteiger partial charge in [-0.15, -0.1) is 0 Å².